The van der Waals surface area contributed by atoms with E-state index in [2.05, 4.69) is 16.3 Å². The molecule has 4 nitrogen and oxygen atoms in total. The van der Waals surface area contributed by atoms with E-state index in [1.807, 2.05) is 13.8 Å². The first-order valence-electron chi connectivity index (χ1n) is 5.31. The van der Waals surface area contributed by atoms with Gasteiger partial charge in [-0.3, -0.25) is 0 Å². The van der Waals surface area contributed by atoms with Crippen molar-refractivity contribution in [2.24, 2.45) is 5.73 Å². The van der Waals surface area contributed by atoms with Gasteiger partial charge >= 0.3 is 0 Å². The molecule has 0 saturated heterocycles. The van der Waals surface area contributed by atoms with Crippen molar-refractivity contribution in [2.45, 2.75) is 45.6 Å². The lowest BCUT2D eigenvalue weighted by Crippen LogP contribution is -2.41. The van der Waals surface area contributed by atoms with Gasteiger partial charge in [0.1, 0.15) is 12.4 Å². The number of nitrogens with zero attached hydrogens (tertiary/aromatic N) is 2. The van der Waals surface area contributed by atoms with Gasteiger partial charge in [0.05, 0.1) is 0 Å². The molecule has 0 spiro atoms. The Morgan fingerprint density at radius 3 is 2.80 bits per heavy atom. The number of aryl methyl sites for hydroxylation is 1. The Bertz CT molecular complexity index is 299. The van der Waals surface area contributed by atoms with Crippen LogP contribution in [0.5, 0.6) is 5.19 Å². The van der Waals surface area contributed by atoms with Gasteiger partial charge in [-0.15, -0.1) is 0 Å². The second-order valence-corrected chi connectivity index (χ2v) is 4.74. The predicted molar refractivity (Wildman–Crippen MR) is 62.3 cm³/mol. The lowest BCUT2D eigenvalue weighted by atomic mass is 10.0. The highest BCUT2D eigenvalue weighted by Crippen LogP contribution is 2.17. The van der Waals surface area contributed by atoms with Crippen LogP contribution < -0.4 is 10.5 Å². The molecule has 1 aromatic rings. The van der Waals surface area contributed by atoms with E-state index in [9.17, 15) is 0 Å². The number of rotatable bonds is 6. The number of hydrogen-bond acceptors (Lipinski definition) is 5. The minimum Gasteiger partial charge on any atom is -0.467 e. The highest BCUT2D eigenvalue weighted by atomic mass is 32.1. The average molecular weight is 229 g/mol. The molecule has 1 heterocycles. The smallest absolute Gasteiger partial charge is 0.293 e. The van der Waals surface area contributed by atoms with Gasteiger partial charge in [0.25, 0.3) is 5.19 Å². The fourth-order valence-electron chi connectivity index (χ4n) is 0.950. The van der Waals surface area contributed by atoms with Gasteiger partial charge in [-0.1, -0.05) is 13.8 Å². The van der Waals surface area contributed by atoms with E-state index in [4.69, 9.17) is 10.5 Å². The Hall–Kier alpha value is -0.680. The number of hydrogen-bond donors (Lipinski definition) is 1. The van der Waals surface area contributed by atoms with E-state index in [0.717, 1.165) is 25.1 Å². The van der Waals surface area contributed by atoms with Gasteiger partial charge in [0.2, 0.25) is 0 Å². The molecule has 0 bridgehead atoms. The van der Waals surface area contributed by atoms with E-state index >= 15 is 0 Å². The van der Waals surface area contributed by atoms with Crippen molar-refractivity contribution in [3.63, 3.8) is 0 Å². The van der Waals surface area contributed by atoms with Gasteiger partial charge < -0.3 is 10.5 Å². The molecule has 1 atom stereocenters. The summed E-state index contributed by atoms with van der Waals surface area (Å²) in [6, 6.07) is 0. The molecule has 0 amide bonds. The highest BCUT2D eigenvalue weighted by molar-refractivity contribution is 7.07. The zero-order valence-electron chi connectivity index (χ0n) is 9.62. The van der Waals surface area contributed by atoms with Crippen molar-refractivity contribution < 1.29 is 4.74 Å². The van der Waals surface area contributed by atoms with Crippen LogP contribution in [0.2, 0.25) is 0 Å². The van der Waals surface area contributed by atoms with Crippen molar-refractivity contribution in [1.82, 2.24) is 9.36 Å². The van der Waals surface area contributed by atoms with Crippen LogP contribution in [0.3, 0.4) is 0 Å². The lowest BCUT2D eigenvalue weighted by Gasteiger charge is -2.21. The standard InChI is InChI=1S/C10H19N3OS/c1-4-6-8-12-9(15-13-8)14-7-10(3,11)5-2/h4-7,11H2,1-3H3. The zero-order valence-corrected chi connectivity index (χ0v) is 10.4. The molecule has 0 aromatic carbocycles. The molecular formula is C10H19N3OS. The van der Waals surface area contributed by atoms with Crippen molar-refractivity contribution >= 4 is 11.5 Å². The van der Waals surface area contributed by atoms with E-state index in [1.54, 1.807) is 0 Å². The summed E-state index contributed by atoms with van der Waals surface area (Å²) in [4.78, 5) is 4.27. The second kappa shape index (κ2) is 5.42. The maximum absolute atomic E-state index is 5.96. The molecule has 1 unspecified atom stereocenters. The molecule has 5 heteroatoms. The van der Waals surface area contributed by atoms with Gasteiger partial charge in [0.15, 0.2) is 0 Å². The number of nitrogens with two attached hydrogens (primary N) is 1. The molecule has 0 aliphatic heterocycles. The van der Waals surface area contributed by atoms with Crippen LogP contribution in [-0.2, 0) is 6.42 Å². The van der Waals surface area contributed by atoms with E-state index in [0.29, 0.717) is 11.8 Å². The topological polar surface area (TPSA) is 61.0 Å². The van der Waals surface area contributed by atoms with Crippen LogP contribution in [0.1, 0.15) is 39.4 Å². The van der Waals surface area contributed by atoms with E-state index in [-0.39, 0.29) is 5.54 Å². The molecule has 0 aliphatic rings. The van der Waals surface area contributed by atoms with Gasteiger partial charge in [-0.05, 0) is 19.8 Å². The van der Waals surface area contributed by atoms with Crippen LogP contribution in [0, 0.1) is 0 Å². The maximum Gasteiger partial charge on any atom is 0.293 e. The first-order valence-corrected chi connectivity index (χ1v) is 6.09. The van der Waals surface area contributed by atoms with Gasteiger partial charge in [0, 0.05) is 23.5 Å². The van der Waals surface area contributed by atoms with Crippen LogP contribution in [0.4, 0.5) is 0 Å². The monoisotopic (exact) mass is 229 g/mol. The van der Waals surface area contributed by atoms with Crippen molar-refractivity contribution in [3.8, 4) is 5.19 Å². The summed E-state index contributed by atoms with van der Waals surface area (Å²) < 4.78 is 9.71. The van der Waals surface area contributed by atoms with Crippen molar-refractivity contribution in [1.29, 1.82) is 0 Å². The summed E-state index contributed by atoms with van der Waals surface area (Å²) >= 11 is 1.30. The zero-order chi connectivity index (χ0) is 11.3. The minimum atomic E-state index is -0.281. The summed E-state index contributed by atoms with van der Waals surface area (Å²) in [5, 5.41) is 0.628. The average Bonchev–Trinajstić information content (AvgIpc) is 2.64. The molecule has 0 saturated carbocycles. The second-order valence-electron chi connectivity index (χ2n) is 4.02. The maximum atomic E-state index is 5.96. The van der Waals surface area contributed by atoms with E-state index in [1.165, 1.54) is 11.5 Å². The van der Waals surface area contributed by atoms with Gasteiger partial charge in [-0.2, -0.15) is 9.36 Å². The number of ether oxygens (including phenoxy) is 1. The fraction of sp³-hybridized carbons (Fsp3) is 0.800. The molecule has 0 aliphatic carbocycles. The summed E-state index contributed by atoms with van der Waals surface area (Å²) in [6.45, 7) is 6.62. The summed E-state index contributed by atoms with van der Waals surface area (Å²) in [5.74, 6) is 0.868. The highest BCUT2D eigenvalue weighted by Gasteiger charge is 2.17. The quantitative estimate of drug-likeness (QED) is 0.810. The Morgan fingerprint density at radius 1 is 1.47 bits per heavy atom. The van der Waals surface area contributed by atoms with Crippen molar-refractivity contribution in [2.75, 3.05) is 6.61 Å². The lowest BCUT2D eigenvalue weighted by molar-refractivity contribution is 0.225. The SMILES string of the molecule is CCCc1nsc(OCC(C)(N)CC)n1. The molecule has 1 aromatic heterocycles. The first kappa shape index (κ1) is 12.4. The summed E-state index contributed by atoms with van der Waals surface area (Å²) in [7, 11) is 0. The predicted octanol–water partition coefficient (Wildman–Crippen LogP) is 2.00. The van der Waals surface area contributed by atoms with Crippen LogP contribution >= 0.6 is 11.5 Å². The summed E-state index contributed by atoms with van der Waals surface area (Å²) in [6.07, 6.45) is 2.85. The van der Waals surface area contributed by atoms with E-state index < -0.39 is 0 Å². The molecule has 86 valence electrons. The van der Waals surface area contributed by atoms with Crippen LogP contribution in [-0.4, -0.2) is 21.5 Å². The minimum absolute atomic E-state index is 0.281. The Kier molecular flexibility index (Phi) is 4.47. The number of aromatic nitrogens is 2. The molecule has 2 N–H and O–H groups in total. The molecule has 0 fully saturated rings. The van der Waals surface area contributed by atoms with Crippen LogP contribution in [0.15, 0.2) is 0 Å². The fourth-order valence-corrected chi connectivity index (χ4v) is 1.52. The third-order valence-corrected chi connectivity index (χ3v) is 2.92. The molecule has 0 radical (unpaired) electrons. The van der Waals surface area contributed by atoms with Crippen molar-refractivity contribution in [3.05, 3.63) is 5.82 Å². The first-order chi connectivity index (χ1) is 7.07. The third kappa shape index (κ3) is 4.13. The van der Waals surface area contributed by atoms with Crippen LogP contribution in [0.25, 0.3) is 0 Å². The van der Waals surface area contributed by atoms with Gasteiger partial charge in [-0.25, -0.2) is 0 Å². The molecule has 1 rings (SSSR count). The molecule has 15 heavy (non-hydrogen) atoms. The normalized spacial score (nSPS) is 14.9. The Labute approximate surface area is 95.0 Å². The largest absolute Gasteiger partial charge is 0.467 e. The third-order valence-electron chi connectivity index (χ3n) is 2.26. The summed E-state index contributed by atoms with van der Waals surface area (Å²) in [5.41, 5.74) is 5.68. The molecular weight excluding hydrogens is 210 g/mol. The Morgan fingerprint density at radius 2 is 2.20 bits per heavy atom. The Balaban J connectivity index is 2.44.